The van der Waals surface area contributed by atoms with Crippen LogP contribution in [0.1, 0.15) is 14.5 Å². The molecule has 1 amide bonds. The largest absolute Gasteiger partial charge is 0.478 e. The van der Waals surface area contributed by atoms with E-state index in [0.29, 0.717) is 15.4 Å². The first-order valence-electron chi connectivity index (χ1n) is 4.87. The summed E-state index contributed by atoms with van der Waals surface area (Å²) in [6.45, 7) is 0. The lowest BCUT2D eigenvalue weighted by Crippen LogP contribution is -2.09. The zero-order chi connectivity index (χ0) is 13.0. The minimum absolute atomic E-state index is 0.293. The number of hydrogen-bond donors (Lipinski definition) is 2. The van der Waals surface area contributed by atoms with Crippen molar-refractivity contribution in [1.29, 1.82) is 0 Å². The lowest BCUT2D eigenvalue weighted by Gasteiger charge is -1.96. The second-order valence-electron chi connectivity index (χ2n) is 3.24. The van der Waals surface area contributed by atoms with E-state index < -0.39 is 5.97 Å². The van der Waals surface area contributed by atoms with Crippen LogP contribution in [0.15, 0.2) is 35.2 Å². The van der Waals surface area contributed by atoms with Crippen molar-refractivity contribution in [3.63, 3.8) is 0 Å². The van der Waals surface area contributed by atoms with Gasteiger partial charge in [0.05, 0.1) is 11.1 Å². The quantitative estimate of drug-likeness (QED) is 0.825. The topological polar surface area (TPSA) is 92.4 Å². The van der Waals surface area contributed by atoms with Crippen molar-refractivity contribution in [1.82, 2.24) is 5.16 Å². The highest BCUT2D eigenvalue weighted by Gasteiger charge is 2.09. The molecule has 6 nitrogen and oxygen atoms in total. The number of carboxylic acid groups (broad SMARTS) is 1. The van der Waals surface area contributed by atoms with Gasteiger partial charge in [-0.25, -0.2) is 4.79 Å². The zero-order valence-corrected chi connectivity index (χ0v) is 9.81. The van der Waals surface area contributed by atoms with Crippen molar-refractivity contribution in [2.24, 2.45) is 0 Å². The summed E-state index contributed by atoms with van der Waals surface area (Å²) in [6, 6.07) is 3.29. The summed E-state index contributed by atoms with van der Waals surface area (Å²) in [7, 11) is 0. The third-order valence-corrected chi connectivity index (χ3v) is 2.98. The Hall–Kier alpha value is -2.41. The van der Waals surface area contributed by atoms with Crippen LogP contribution in [-0.2, 0) is 4.79 Å². The average molecular weight is 264 g/mol. The number of carbonyl (C=O) groups excluding carboxylic acids is 1. The van der Waals surface area contributed by atoms with Gasteiger partial charge in [0.15, 0.2) is 0 Å². The molecule has 0 saturated heterocycles. The van der Waals surface area contributed by atoms with E-state index in [-0.39, 0.29) is 5.91 Å². The minimum Gasteiger partial charge on any atom is -0.478 e. The number of anilines is 1. The molecule has 0 aromatic carbocycles. The molecule has 0 radical (unpaired) electrons. The predicted molar refractivity (Wildman–Crippen MR) is 65.4 cm³/mol. The molecule has 0 unspecified atom stereocenters. The number of nitrogens with zero attached hydrogens (tertiary/aromatic N) is 1. The third-order valence-electron chi connectivity index (χ3n) is 1.93. The van der Waals surface area contributed by atoms with Gasteiger partial charge in [0.1, 0.15) is 12.0 Å². The Balaban J connectivity index is 2.05. The minimum atomic E-state index is -1.03. The Bertz CT molecular complexity index is 586. The molecule has 2 aromatic rings. The highest BCUT2D eigenvalue weighted by Crippen LogP contribution is 2.19. The molecule has 0 saturated carbocycles. The van der Waals surface area contributed by atoms with Crippen LogP contribution in [0.4, 0.5) is 5.69 Å². The Morgan fingerprint density at radius 1 is 1.44 bits per heavy atom. The average Bonchev–Trinajstić information content (AvgIpc) is 2.96. The SMILES string of the molecule is O=C(O)C=Cc1ccc(C(=O)Nc2cnoc2)s1. The molecular weight excluding hydrogens is 256 g/mol. The molecule has 0 bridgehead atoms. The van der Waals surface area contributed by atoms with Crippen LogP contribution in [-0.4, -0.2) is 22.1 Å². The van der Waals surface area contributed by atoms with Gasteiger partial charge in [-0.3, -0.25) is 4.79 Å². The molecule has 92 valence electrons. The first-order valence-corrected chi connectivity index (χ1v) is 5.68. The molecule has 0 spiro atoms. The van der Waals surface area contributed by atoms with Gasteiger partial charge in [0.25, 0.3) is 5.91 Å². The summed E-state index contributed by atoms with van der Waals surface area (Å²) >= 11 is 1.19. The highest BCUT2D eigenvalue weighted by atomic mass is 32.1. The lowest BCUT2D eigenvalue weighted by atomic mass is 10.3. The molecule has 2 aromatic heterocycles. The molecule has 0 atom stereocenters. The van der Waals surface area contributed by atoms with Crippen LogP contribution in [0, 0.1) is 0 Å². The number of aliphatic carboxylic acids is 1. The van der Waals surface area contributed by atoms with Gasteiger partial charge >= 0.3 is 5.97 Å². The summed E-state index contributed by atoms with van der Waals surface area (Å²) in [5, 5.41) is 14.5. The Morgan fingerprint density at radius 3 is 2.94 bits per heavy atom. The van der Waals surface area contributed by atoms with Crippen molar-refractivity contribution >= 4 is 35.0 Å². The smallest absolute Gasteiger partial charge is 0.328 e. The monoisotopic (exact) mass is 264 g/mol. The van der Waals surface area contributed by atoms with E-state index in [1.807, 2.05) is 0 Å². The van der Waals surface area contributed by atoms with Gasteiger partial charge in [-0.15, -0.1) is 11.3 Å². The van der Waals surface area contributed by atoms with Crippen molar-refractivity contribution in [3.05, 3.63) is 40.4 Å². The molecule has 0 aliphatic carbocycles. The van der Waals surface area contributed by atoms with Crippen LogP contribution >= 0.6 is 11.3 Å². The summed E-state index contributed by atoms with van der Waals surface area (Å²) in [4.78, 5) is 23.3. The van der Waals surface area contributed by atoms with Crippen molar-refractivity contribution in [2.75, 3.05) is 5.32 Å². The first-order chi connectivity index (χ1) is 8.65. The summed E-state index contributed by atoms with van der Waals surface area (Å²) in [5.41, 5.74) is 0.469. The zero-order valence-electron chi connectivity index (χ0n) is 8.99. The number of hydrogen-bond acceptors (Lipinski definition) is 5. The molecule has 0 fully saturated rings. The summed E-state index contributed by atoms with van der Waals surface area (Å²) < 4.78 is 4.58. The lowest BCUT2D eigenvalue weighted by molar-refractivity contribution is -0.131. The van der Waals surface area contributed by atoms with Crippen molar-refractivity contribution in [2.45, 2.75) is 0 Å². The van der Waals surface area contributed by atoms with Gasteiger partial charge in [-0.1, -0.05) is 5.16 Å². The standard InChI is InChI=1S/C11H8N2O4S/c14-10(15)4-2-8-1-3-9(18-8)11(16)13-7-5-12-17-6-7/h1-6H,(H,13,16)(H,14,15). The van der Waals surface area contributed by atoms with E-state index in [1.165, 1.54) is 29.9 Å². The molecule has 2 rings (SSSR count). The van der Waals surface area contributed by atoms with Gasteiger partial charge in [-0.2, -0.15) is 0 Å². The highest BCUT2D eigenvalue weighted by molar-refractivity contribution is 7.15. The molecule has 7 heteroatoms. The molecule has 2 heterocycles. The number of carbonyl (C=O) groups is 2. The fourth-order valence-corrected chi connectivity index (χ4v) is 1.98. The number of aromatic nitrogens is 1. The maximum absolute atomic E-state index is 11.8. The van der Waals surface area contributed by atoms with Gasteiger partial charge in [0.2, 0.25) is 0 Å². The maximum atomic E-state index is 11.8. The number of thiophene rings is 1. The second kappa shape index (κ2) is 5.28. The fourth-order valence-electron chi connectivity index (χ4n) is 1.18. The number of carboxylic acids is 1. The normalized spacial score (nSPS) is 10.7. The molecule has 18 heavy (non-hydrogen) atoms. The maximum Gasteiger partial charge on any atom is 0.328 e. The van der Waals surface area contributed by atoms with E-state index in [0.717, 1.165) is 6.08 Å². The van der Waals surface area contributed by atoms with Gasteiger partial charge in [0, 0.05) is 11.0 Å². The van der Waals surface area contributed by atoms with Gasteiger partial charge < -0.3 is 14.9 Å². The van der Waals surface area contributed by atoms with E-state index in [9.17, 15) is 9.59 Å². The van der Waals surface area contributed by atoms with E-state index >= 15 is 0 Å². The second-order valence-corrected chi connectivity index (χ2v) is 4.36. The van der Waals surface area contributed by atoms with Crippen LogP contribution in [0.5, 0.6) is 0 Å². The number of nitrogens with one attached hydrogen (secondary N) is 1. The predicted octanol–water partition coefficient (Wildman–Crippen LogP) is 2.09. The van der Waals surface area contributed by atoms with E-state index in [2.05, 4.69) is 15.0 Å². The number of rotatable bonds is 4. The Morgan fingerprint density at radius 2 is 2.28 bits per heavy atom. The molecule has 0 aliphatic rings. The van der Waals surface area contributed by atoms with Crippen LogP contribution in [0.25, 0.3) is 6.08 Å². The molecule has 0 aliphatic heterocycles. The van der Waals surface area contributed by atoms with Gasteiger partial charge in [-0.05, 0) is 18.2 Å². The van der Waals surface area contributed by atoms with Crippen LogP contribution in [0.2, 0.25) is 0 Å². The molecular formula is C11H8N2O4S. The summed E-state index contributed by atoms with van der Waals surface area (Å²) in [6.07, 6.45) is 5.16. The molecule has 2 N–H and O–H groups in total. The van der Waals surface area contributed by atoms with Crippen molar-refractivity contribution < 1.29 is 19.2 Å². The Kier molecular flexibility index (Phi) is 3.54. The van der Waals surface area contributed by atoms with Crippen LogP contribution < -0.4 is 5.32 Å². The van der Waals surface area contributed by atoms with E-state index in [1.54, 1.807) is 12.1 Å². The number of amides is 1. The Labute approximate surface area is 106 Å². The fraction of sp³-hybridized carbons (Fsp3) is 0. The third kappa shape index (κ3) is 3.05. The summed E-state index contributed by atoms with van der Waals surface area (Å²) in [5.74, 6) is -1.32. The first kappa shape index (κ1) is 12.1. The van der Waals surface area contributed by atoms with Crippen LogP contribution in [0.3, 0.4) is 0 Å². The van der Waals surface area contributed by atoms with Crippen molar-refractivity contribution in [3.8, 4) is 0 Å². The van der Waals surface area contributed by atoms with E-state index in [4.69, 9.17) is 5.11 Å².